The molecular weight excluding hydrogens is 375 g/mol. The number of nitrogens with zero attached hydrogens (tertiary/aromatic N) is 4. The monoisotopic (exact) mass is 400 g/mol. The normalized spacial score (nSPS) is 18.1. The Morgan fingerprint density at radius 3 is 2.48 bits per heavy atom. The maximum Gasteiger partial charge on any atom is 0.225 e. The minimum Gasteiger partial charge on any atom is -0.392 e. The van der Waals surface area contributed by atoms with Crippen LogP contribution >= 0.6 is 0 Å². The van der Waals surface area contributed by atoms with E-state index in [1.807, 2.05) is 4.90 Å². The number of anilines is 1. The molecule has 0 unspecified atom stereocenters. The third kappa shape index (κ3) is 4.23. The van der Waals surface area contributed by atoms with Crippen molar-refractivity contribution >= 4 is 11.9 Å². The van der Waals surface area contributed by atoms with Crippen LogP contribution in [0.1, 0.15) is 18.4 Å². The van der Waals surface area contributed by atoms with Crippen molar-refractivity contribution in [3.63, 3.8) is 0 Å². The van der Waals surface area contributed by atoms with E-state index in [0.717, 1.165) is 12.8 Å². The number of morpholine rings is 1. The molecule has 1 aromatic heterocycles. The molecule has 0 atom stereocenters. The molecule has 154 valence electrons. The molecule has 2 saturated heterocycles. The van der Waals surface area contributed by atoms with Gasteiger partial charge >= 0.3 is 0 Å². The lowest BCUT2D eigenvalue weighted by atomic mass is 9.95. The molecule has 1 aromatic carbocycles. The molecule has 0 aliphatic carbocycles. The SMILES string of the molecule is O=C(C1CCN(c2ncc(-c3cccc(CO)c3F)cn2)CC1)N1CCOCC1. The van der Waals surface area contributed by atoms with Crippen LogP contribution in [0.25, 0.3) is 11.1 Å². The van der Waals surface area contributed by atoms with Crippen LogP contribution in [0.2, 0.25) is 0 Å². The van der Waals surface area contributed by atoms with Gasteiger partial charge in [0.1, 0.15) is 5.82 Å². The van der Waals surface area contributed by atoms with E-state index in [4.69, 9.17) is 4.74 Å². The van der Waals surface area contributed by atoms with Gasteiger partial charge in [-0.05, 0) is 12.8 Å². The zero-order chi connectivity index (χ0) is 20.2. The van der Waals surface area contributed by atoms with Gasteiger partial charge in [-0.1, -0.05) is 18.2 Å². The van der Waals surface area contributed by atoms with Crippen molar-refractivity contribution in [1.29, 1.82) is 0 Å². The van der Waals surface area contributed by atoms with Crippen LogP contribution < -0.4 is 4.90 Å². The van der Waals surface area contributed by atoms with Crippen molar-refractivity contribution in [2.45, 2.75) is 19.4 Å². The molecule has 3 heterocycles. The molecule has 2 aliphatic rings. The van der Waals surface area contributed by atoms with Crippen molar-refractivity contribution in [2.24, 2.45) is 5.92 Å². The summed E-state index contributed by atoms with van der Waals surface area (Å²) in [5.74, 6) is 0.404. The first-order valence-corrected chi connectivity index (χ1v) is 9.99. The highest BCUT2D eigenvalue weighted by Crippen LogP contribution is 2.26. The van der Waals surface area contributed by atoms with Crippen LogP contribution in [-0.4, -0.2) is 65.3 Å². The molecular formula is C21H25FN4O3. The van der Waals surface area contributed by atoms with E-state index >= 15 is 0 Å². The molecule has 0 bridgehead atoms. The Kier molecular flexibility index (Phi) is 6.01. The molecule has 29 heavy (non-hydrogen) atoms. The Morgan fingerprint density at radius 1 is 1.14 bits per heavy atom. The van der Waals surface area contributed by atoms with Crippen LogP contribution in [0, 0.1) is 11.7 Å². The summed E-state index contributed by atoms with van der Waals surface area (Å²) in [4.78, 5) is 25.4. The van der Waals surface area contributed by atoms with Crippen LogP contribution in [0.5, 0.6) is 0 Å². The quantitative estimate of drug-likeness (QED) is 0.844. The minimum atomic E-state index is -0.450. The zero-order valence-corrected chi connectivity index (χ0v) is 16.3. The fourth-order valence-corrected chi connectivity index (χ4v) is 3.92. The highest BCUT2D eigenvalue weighted by Gasteiger charge is 2.30. The molecule has 1 amide bonds. The number of carbonyl (C=O) groups is 1. The molecule has 1 N–H and O–H groups in total. The van der Waals surface area contributed by atoms with E-state index in [0.29, 0.717) is 56.5 Å². The number of rotatable bonds is 4. The van der Waals surface area contributed by atoms with Gasteiger partial charge in [-0.15, -0.1) is 0 Å². The van der Waals surface area contributed by atoms with Gasteiger partial charge in [0, 0.05) is 61.2 Å². The predicted octanol–water partition coefficient (Wildman–Crippen LogP) is 1.85. The van der Waals surface area contributed by atoms with E-state index in [9.17, 15) is 14.3 Å². The van der Waals surface area contributed by atoms with Crippen molar-refractivity contribution in [2.75, 3.05) is 44.3 Å². The first-order valence-electron chi connectivity index (χ1n) is 9.99. The van der Waals surface area contributed by atoms with E-state index in [1.54, 1.807) is 30.6 Å². The minimum absolute atomic E-state index is 0.0407. The standard InChI is InChI=1S/C21H25FN4O3/c22-19-16(14-27)2-1-3-18(19)17-12-23-21(24-13-17)26-6-4-15(5-7-26)20(28)25-8-10-29-11-9-25/h1-3,12-13,15,27H,4-11,14H2. The Labute approximate surface area is 169 Å². The van der Waals surface area contributed by atoms with E-state index in [2.05, 4.69) is 14.9 Å². The number of carbonyl (C=O) groups excluding carboxylic acids is 1. The van der Waals surface area contributed by atoms with E-state index in [-0.39, 0.29) is 24.0 Å². The first-order chi connectivity index (χ1) is 14.2. The number of piperidine rings is 1. The maximum absolute atomic E-state index is 14.4. The number of amides is 1. The number of aliphatic hydroxyl groups excluding tert-OH is 1. The molecule has 4 rings (SSSR count). The van der Waals surface area contributed by atoms with Gasteiger partial charge < -0.3 is 19.6 Å². The van der Waals surface area contributed by atoms with Crippen LogP contribution in [-0.2, 0) is 16.1 Å². The number of ether oxygens (including phenoxy) is 1. The lowest BCUT2D eigenvalue weighted by molar-refractivity contribution is -0.140. The van der Waals surface area contributed by atoms with Crippen molar-refractivity contribution in [1.82, 2.24) is 14.9 Å². The Morgan fingerprint density at radius 2 is 1.83 bits per heavy atom. The van der Waals surface area contributed by atoms with Gasteiger partial charge in [0.05, 0.1) is 19.8 Å². The Balaban J connectivity index is 1.39. The molecule has 2 aliphatic heterocycles. The molecule has 8 heteroatoms. The van der Waals surface area contributed by atoms with Gasteiger partial charge in [-0.2, -0.15) is 0 Å². The number of aromatic nitrogens is 2. The third-order valence-corrected chi connectivity index (χ3v) is 5.65. The van der Waals surface area contributed by atoms with Crippen LogP contribution in [0.4, 0.5) is 10.3 Å². The number of benzene rings is 1. The zero-order valence-electron chi connectivity index (χ0n) is 16.3. The fraction of sp³-hybridized carbons (Fsp3) is 0.476. The van der Waals surface area contributed by atoms with Gasteiger partial charge in [0.2, 0.25) is 11.9 Å². The summed E-state index contributed by atoms with van der Waals surface area (Å²) in [5, 5.41) is 9.24. The molecule has 7 nitrogen and oxygen atoms in total. The second kappa shape index (κ2) is 8.84. The number of hydrogen-bond acceptors (Lipinski definition) is 6. The molecule has 0 radical (unpaired) electrons. The summed E-state index contributed by atoms with van der Waals surface area (Å²) < 4.78 is 19.7. The highest BCUT2D eigenvalue weighted by molar-refractivity contribution is 5.79. The van der Waals surface area contributed by atoms with Crippen LogP contribution in [0.15, 0.2) is 30.6 Å². The maximum atomic E-state index is 14.4. The summed E-state index contributed by atoms with van der Waals surface area (Å²) in [6, 6.07) is 4.90. The Bertz CT molecular complexity index is 848. The summed E-state index contributed by atoms with van der Waals surface area (Å²) in [5.41, 5.74) is 1.19. The van der Waals surface area contributed by atoms with Crippen LogP contribution in [0.3, 0.4) is 0 Å². The average molecular weight is 400 g/mol. The topological polar surface area (TPSA) is 78.8 Å². The lowest BCUT2D eigenvalue weighted by Gasteiger charge is -2.35. The Hall–Kier alpha value is -2.58. The molecule has 0 spiro atoms. The summed E-state index contributed by atoms with van der Waals surface area (Å²) in [7, 11) is 0. The summed E-state index contributed by atoms with van der Waals surface area (Å²) >= 11 is 0. The second-order valence-corrected chi connectivity index (χ2v) is 7.41. The second-order valence-electron chi connectivity index (χ2n) is 7.41. The summed E-state index contributed by atoms with van der Waals surface area (Å²) in [6.45, 7) is 3.67. The van der Waals surface area contributed by atoms with Gasteiger partial charge in [-0.3, -0.25) is 4.79 Å². The number of halogens is 1. The van der Waals surface area contributed by atoms with Crippen molar-refractivity contribution in [3.05, 3.63) is 42.0 Å². The first kappa shape index (κ1) is 19.7. The molecule has 2 fully saturated rings. The van der Waals surface area contributed by atoms with Gasteiger partial charge in [-0.25, -0.2) is 14.4 Å². The highest BCUT2D eigenvalue weighted by atomic mass is 19.1. The summed E-state index contributed by atoms with van der Waals surface area (Å²) in [6.07, 6.45) is 4.75. The third-order valence-electron chi connectivity index (χ3n) is 5.65. The molecule has 0 saturated carbocycles. The average Bonchev–Trinajstić information content (AvgIpc) is 2.80. The smallest absolute Gasteiger partial charge is 0.225 e. The van der Waals surface area contributed by atoms with E-state index in [1.165, 1.54) is 0 Å². The largest absolute Gasteiger partial charge is 0.392 e. The fourth-order valence-electron chi connectivity index (χ4n) is 3.92. The predicted molar refractivity (Wildman–Crippen MR) is 106 cm³/mol. The van der Waals surface area contributed by atoms with Crippen molar-refractivity contribution < 1.29 is 19.0 Å². The van der Waals surface area contributed by atoms with E-state index < -0.39 is 5.82 Å². The van der Waals surface area contributed by atoms with Gasteiger partial charge in [0.25, 0.3) is 0 Å². The number of aliphatic hydroxyl groups is 1. The number of hydrogen-bond donors (Lipinski definition) is 1. The lowest BCUT2D eigenvalue weighted by Crippen LogP contribution is -2.47. The molecule has 2 aromatic rings. The van der Waals surface area contributed by atoms with Crippen molar-refractivity contribution in [3.8, 4) is 11.1 Å². The van der Waals surface area contributed by atoms with Gasteiger partial charge in [0.15, 0.2) is 0 Å².